The molecule has 0 aliphatic carbocycles. The maximum atomic E-state index is 10.9. The highest BCUT2D eigenvalue weighted by atomic mass is 32.2. The molecule has 5 nitrogen and oxygen atoms in total. The fraction of sp³-hybridized carbons (Fsp3) is 0.667. The van der Waals surface area contributed by atoms with E-state index in [-0.39, 0.29) is 5.78 Å². The topological polar surface area (TPSA) is 87.0 Å². The number of ketones is 1. The highest BCUT2D eigenvalue weighted by Gasteiger charge is 2.16. The van der Waals surface area contributed by atoms with Crippen LogP contribution < -0.4 is 4.72 Å². The quantitative estimate of drug-likeness (QED) is 0.641. The Morgan fingerprint density at radius 3 is 2.50 bits per heavy atom. The number of carbonyl (C=O) groups excluding carboxylic acids is 1. The molecule has 0 bridgehead atoms. The SMILES string of the molecule is CC(=O)C(C)NS(=O)(=O)CC#N. The van der Waals surface area contributed by atoms with Crippen molar-refractivity contribution in [3.8, 4) is 6.07 Å². The first-order chi connectivity index (χ1) is 5.39. The molecule has 0 amide bonds. The molecule has 0 saturated carbocycles. The minimum Gasteiger partial charge on any atom is -0.298 e. The first kappa shape index (κ1) is 11.1. The summed E-state index contributed by atoms with van der Waals surface area (Å²) in [4.78, 5) is 10.6. The van der Waals surface area contributed by atoms with Crippen LogP contribution in [0.1, 0.15) is 13.8 Å². The van der Waals surface area contributed by atoms with E-state index >= 15 is 0 Å². The van der Waals surface area contributed by atoms with E-state index in [0.29, 0.717) is 0 Å². The van der Waals surface area contributed by atoms with Gasteiger partial charge >= 0.3 is 0 Å². The molecular weight excluding hydrogens is 180 g/mol. The summed E-state index contributed by atoms with van der Waals surface area (Å²) >= 11 is 0. The predicted molar refractivity (Wildman–Crippen MR) is 42.7 cm³/mol. The molecule has 1 N–H and O–H groups in total. The van der Waals surface area contributed by atoms with E-state index < -0.39 is 21.8 Å². The minimum atomic E-state index is -3.61. The number of hydrogen-bond donors (Lipinski definition) is 1. The average molecular weight is 190 g/mol. The zero-order valence-electron chi connectivity index (χ0n) is 6.86. The number of rotatable bonds is 4. The van der Waals surface area contributed by atoms with Crippen LogP contribution in [0.5, 0.6) is 0 Å². The van der Waals surface area contributed by atoms with Crippen LogP contribution in [0.4, 0.5) is 0 Å². The Kier molecular flexibility index (Phi) is 3.86. The van der Waals surface area contributed by atoms with Gasteiger partial charge < -0.3 is 0 Å². The molecule has 0 heterocycles. The van der Waals surface area contributed by atoms with Gasteiger partial charge in [-0.3, -0.25) is 4.79 Å². The van der Waals surface area contributed by atoms with E-state index in [9.17, 15) is 13.2 Å². The second-order valence-electron chi connectivity index (χ2n) is 2.37. The zero-order chi connectivity index (χ0) is 9.78. The van der Waals surface area contributed by atoms with E-state index in [1.807, 2.05) is 0 Å². The van der Waals surface area contributed by atoms with Crippen molar-refractivity contribution in [3.63, 3.8) is 0 Å². The molecular formula is C6H10N2O3S. The summed E-state index contributed by atoms with van der Waals surface area (Å²) in [6.07, 6.45) is 0. The van der Waals surface area contributed by atoms with Crippen LogP contribution in [-0.2, 0) is 14.8 Å². The molecule has 0 aromatic carbocycles. The fourth-order valence-corrected chi connectivity index (χ4v) is 1.44. The van der Waals surface area contributed by atoms with Gasteiger partial charge in [-0.05, 0) is 13.8 Å². The third-order valence-corrected chi connectivity index (χ3v) is 2.44. The Hall–Kier alpha value is -0.930. The van der Waals surface area contributed by atoms with Crippen LogP contribution in [0.15, 0.2) is 0 Å². The third-order valence-electron chi connectivity index (χ3n) is 1.22. The standard InChI is InChI=1S/C6H10N2O3S/c1-5(6(2)9)8-12(10,11)4-3-7/h5,8H,4H2,1-2H3. The first-order valence-corrected chi connectivity index (χ1v) is 4.91. The molecule has 68 valence electrons. The summed E-state index contributed by atoms with van der Waals surface area (Å²) in [6, 6.07) is 0.730. The summed E-state index contributed by atoms with van der Waals surface area (Å²) < 4.78 is 23.8. The number of carbonyl (C=O) groups is 1. The smallest absolute Gasteiger partial charge is 0.225 e. The second-order valence-corrected chi connectivity index (χ2v) is 4.12. The lowest BCUT2D eigenvalue weighted by Gasteiger charge is -2.07. The van der Waals surface area contributed by atoms with E-state index in [1.165, 1.54) is 19.9 Å². The van der Waals surface area contributed by atoms with Gasteiger partial charge in [-0.25, -0.2) is 13.1 Å². The van der Waals surface area contributed by atoms with Crippen LogP contribution in [0.3, 0.4) is 0 Å². The Bertz CT molecular complexity index is 301. The van der Waals surface area contributed by atoms with Crippen molar-refractivity contribution in [2.45, 2.75) is 19.9 Å². The van der Waals surface area contributed by atoms with E-state index in [0.717, 1.165) is 0 Å². The van der Waals surface area contributed by atoms with Crippen LogP contribution in [0.25, 0.3) is 0 Å². The molecule has 1 unspecified atom stereocenters. The van der Waals surface area contributed by atoms with Crippen LogP contribution in [0, 0.1) is 11.3 Å². The van der Waals surface area contributed by atoms with Crippen molar-refractivity contribution in [2.75, 3.05) is 5.75 Å². The summed E-state index contributed by atoms with van der Waals surface area (Å²) in [5.74, 6) is -0.901. The number of hydrogen-bond acceptors (Lipinski definition) is 4. The van der Waals surface area contributed by atoms with Crippen molar-refractivity contribution in [1.29, 1.82) is 5.26 Å². The highest BCUT2D eigenvalue weighted by molar-refractivity contribution is 7.89. The first-order valence-electron chi connectivity index (χ1n) is 3.26. The average Bonchev–Trinajstić information content (AvgIpc) is 1.85. The Labute approximate surface area is 71.4 Å². The van der Waals surface area contributed by atoms with Gasteiger partial charge in [0.15, 0.2) is 5.75 Å². The van der Waals surface area contributed by atoms with Crippen LogP contribution >= 0.6 is 0 Å². The number of sulfonamides is 1. The third kappa shape index (κ3) is 4.05. The molecule has 0 saturated heterocycles. The molecule has 0 radical (unpaired) electrons. The summed E-state index contributed by atoms with van der Waals surface area (Å²) in [5, 5.41) is 8.10. The number of nitrogens with one attached hydrogen (secondary N) is 1. The Morgan fingerprint density at radius 1 is 1.67 bits per heavy atom. The number of Topliss-reactive ketones (excluding diaryl/α,β-unsaturated/α-hetero) is 1. The van der Waals surface area contributed by atoms with Crippen molar-refractivity contribution in [2.24, 2.45) is 0 Å². The maximum absolute atomic E-state index is 10.9. The fourth-order valence-electron chi connectivity index (χ4n) is 0.479. The molecule has 0 spiro atoms. The van der Waals surface area contributed by atoms with Gasteiger partial charge in [-0.2, -0.15) is 5.26 Å². The molecule has 6 heteroatoms. The molecule has 0 aliphatic heterocycles. The Morgan fingerprint density at radius 2 is 2.17 bits per heavy atom. The number of nitriles is 1. The van der Waals surface area contributed by atoms with Gasteiger partial charge in [-0.1, -0.05) is 0 Å². The second kappa shape index (κ2) is 4.18. The molecule has 12 heavy (non-hydrogen) atoms. The van der Waals surface area contributed by atoms with E-state index in [1.54, 1.807) is 0 Å². The normalized spacial score (nSPS) is 13.4. The van der Waals surface area contributed by atoms with Crippen molar-refractivity contribution in [1.82, 2.24) is 4.72 Å². The minimum absolute atomic E-state index is 0.281. The molecule has 1 atom stereocenters. The number of nitrogens with zero attached hydrogens (tertiary/aromatic N) is 1. The summed E-state index contributed by atoms with van der Waals surface area (Å²) in [7, 11) is -3.61. The van der Waals surface area contributed by atoms with Gasteiger partial charge in [0.2, 0.25) is 10.0 Å². The maximum Gasteiger partial charge on any atom is 0.225 e. The van der Waals surface area contributed by atoms with Gasteiger partial charge in [0, 0.05) is 0 Å². The lowest BCUT2D eigenvalue weighted by atomic mass is 10.3. The lowest BCUT2D eigenvalue weighted by molar-refractivity contribution is -0.118. The van der Waals surface area contributed by atoms with Crippen LogP contribution in [-0.4, -0.2) is 26.0 Å². The molecule has 0 aliphatic rings. The van der Waals surface area contributed by atoms with Crippen molar-refractivity contribution >= 4 is 15.8 Å². The van der Waals surface area contributed by atoms with Gasteiger partial charge in [0.1, 0.15) is 5.78 Å². The predicted octanol–water partition coefficient (Wildman–Crippen LogP) is -0.593. The molecule has 0 aromatic rings. The van der Waals surface area contributed by atoms with Crippen LogP contribution in [0.2, 0.25) is 0 Å². The Balaban J connectivity index is 4.28. The summed E-state index contributed by atoms with van der Waals surface area (Å²) in [6.45, 7) is 2.71. The van der Waals surface area contributed by atoms with Gasteiger partial charge in [0.25, 0.3) is 0 Å². The van der Waals surface area contributed by atoms with E-state index in [4.69, 9.17) is 5.26 Å². The van der Waals surface area contributed by atoms with E-state index in [2.05, 4.69) is 4.72 Å². The lowest BCUT2D eigenvalue weighted by Crippen LogP contribution is -2.38. The highest BCUT2D eigenvalue weighted by Crippen LogP contribution is 1.89. The molecule has 0 fully saturated rings. The van der Waals surface area contributed by atoms with Crippen molar-refractivity contribution in [3.05, 3.63) is 0 Å². The zero-order valence-corrected chi connectivity index (χ0v) is 7.68. The van der Waals surface area contributed by atoms with Gasteiger partial charge in [0.05, 0.1) is 12.1 Å². The van der Waals surface area contributed by atoms with Crippen molar-refractivity contribution < 1.29 is 13.2 Å². The largest absolute Gasteiger partial charge is 0.298 e. The molecule has 0 rings (SSSR count). The molecule has 0 aromatic heterocycles. The van der Waals surface area contributed by atoms with Gasteiger partial charge in [-0.15, -0.1) is 0 Å². The monoisotopic (exact) mass is 190 g/mol. The summed E-state index contributed by atoms with van der Waals surface area (Å²) in [5.41, 5.74) is 0.